The van der Waals surface area contributed by atoms with Gasteiger partial charge >= 0.3 is 0 Å². The Morgan fingerprint density at radius 2 is 1.96 bits per heavy atom. The van der Waals surface area contributed by atoms with Gasteiger partial charge in [-0.1, -0.05) is 6.07 Å². The SMILES string of the molecule is COc1cc(C)ccc1O[C@H](C)C(=O)Nc1cc(-n2ccnc2C)ncn1. The van der Waals surface area contributed by atoms with E-state index in [1.165, 1.54) is 6.33 Å². The molecule has 0 spiro atoms. The average Bonchev–Trinajstić information content (AvgIpc) is 3.09. The van der Waals surface area contributed by atoms with Crippen LogP contribution < -0.4 is 14.8 Å². The highest BCUT2D eigenvalue weighted by molar-refractivity contribution is 5.93. The highest BCUT2D eigenvalue weighted by Crippen LogP contribution is 2.28. The molecule has 0 radical (unpaired) electrons. The van der Waals surface area contributed by atoms with Gasteiger partial charge in [-0.2, -0.15) is 0 Å². The van der Waals surface area contributed by atoms with Crippen LogP contribution in [0.25, 0.3) is 5.82 Å². The lowest BCUT2D eigenvalue weighted by Gasteiger charge is -2.17. The maximum absolute atomic E-state index is 12.5. The zero-order valence-electron chi connectivity index (χ0n) is 15.6. The second-order valence-corrected chi connectivity index (χ2v) is 6.01. The first-order valence-corrected chi connectivity index (χ1v) is 8.42. The molecule has 2 heterocycles. The van der Waals surface area contributed by atoms with E-state index in [-0.39, 0.29) is 5.91 Å². The number of benzene rings is 1. The number of nitrogens with one attached hydrogen (secondary N) is 1. The van der Waals surface area contributed by atoms with Crippen molar-refractivity contribution in [2.24, 2.45) is 0 Å². The van der Waals surface area contributed by atoms with Gasteiger partial charge in [-0.05, 0) is 38.5 Å². The quantitative estimate of drug-likeness (QED) is 0.720. The van der Waals surface area contributed by atoms with Gasteiger partial charge in [0.25, 0.3) is 5.91 Å². The summed E-state index contributed by atoms with van der Waals surface area (Å²) in [5, 5.41) is 2.74. The number of aromatic nitrogens is 4. The molecule has 1 N–H and O–H groups in total. The Labute approximate surface area is 157 Å². The van der Waals surface area contributed by atoms with Crippen LogP contribution in [0, 0.1) is 13.8 Å². The van der Waals surface area contributed by atoms with Crippen LogP contribution in [-0.2, 0) is 4.79 Å². The smallest absolute Gasteiger partial charge is 0.266 e. The summed E-state index contributed by atoms with van der Waals surface area (Å²) in [6.45, 7) is 5.49. The van der Waals surface area contributed by atoms with Crippen molar-refractivity contribution in [3.63, 3.8) is 0 Å². The fraction of sp³-hybridized carbons (Fsp3) is 0.263. The van der Waals surface area contributed by atoms with Crippen molar-refractivity contribution in [1.82, 2.24) is 19.5 Å². The van der Waals surface area contributed by atoms with Gasteiger partial charge in [0.2, 0.25) is 0 Å². The summed E-state index contributed by atoms with van der Waals surface area (Å²) in [4.78, 5) is 25.0. The molecule has 0 saturated carbocycles. The van der Waals surface area contributed by atoms with E-state index < -0.39 is 6.10 Å². The van der Waals surface area contributed by atoms with Crippen molar-refractivity contribution in [2.45, 2.75) is 26.9 Å². The summed E-state index contributed by atoms with van der Waals surface area (Å²) in [6.07, 6.45) is 4.12. The normalized spacial score (nSPS) is 11.7. The molecule has 0 bridgehead atoms. The lowest BCUT2D eigenvalue weighted by atomic mass is 10.2. The molecule has 1 atom stereocenters. The zero-order chi connectivity index (χ0) is 19.4. The van der Waals surface area contributed by atoms with Crippen molar-refractivity contribution >= 4 is 11.7 Å². The van der Waals surface area contributed by atoms with Crippen LogP contribution in [0.15, 0.2) is 43.0 Å². The molecular weight excluding hydrogens is 346 g/mol. The minimum Gasteiger partial charge on any atom is -0.493 e. The first-order chi connectivity index (χ1) is 13.0. The van der Waals surface area contributed by atoms with Crippen LogP contribution in [0.1, 0.15) is 18.3 Å². The van der Waals surface area contributed by atoms with E-state index in [0.717, 1.165) is 11.4 Å². The van der Waals surface area contributed by atoms with Crippen LogP contribution in [0.5, 0.6) is 11.5 Å². The van der Waals surface area contributed by atoms with Crippen LogP contribution in [-0.4, -0.2) is 38.6 Å². The van der Waals surface area contributed by atoms with Crippen molar-refractivity contribution in [1.29, 1.82) is 0 Å². The Morgan fingerprint density at radius 3 is 2.67 bits per heavy atom. The Morgan fingerprint density at radius 1 is 1.15 bits per heavy atom. The number of imidazole rings is 1. The van der Waals surface area contributed by atoms with Crippen molar-refractivity contribution in [3.05, 3.63) is 54.4 Å². The monoisotopic (exact) mass is 367 g/mol. The minimum absolute atomic E-state index is 0.329. The van der Waals surface area contributed by atoms with E-state index >= 15 is 0 Å². The number of hydrogen-bond acceptors (Lipinski definition) is 6. The number of amides is 1. The van der Waals surface area contributed by atoms with Crippen LogP contribution in [0.2, 0.25) is 0 Å². The molecule has 0 unspecified atom stereocenters. The minimum atomic E-state index is -0.741. The predicted octanol–water partition coefficient (Wildman–Crippen LogP) is 2.69. The number of aryl methyl sites for hydroxylation is 2. The van der Waals surface area contributed by atoms with Crippen LogP contribution in [0.3, 0.4) is 0 Å². The number of carbonyl (C=O) groups is 1. The molecule has 3 rings (SSSR count). The summed E-state index contributed by atoms with van der Waals surface area (Å²) in [5.74, 6) is 2.53. The molecule has 3 aromatic rings. The zero-order valence-corrected chi connectivity index (χ0v) is 15.6. The van der Waals surface area contributed by atoms with Gasteiger partial charge in [0, 0.05) is 18.5 Å². The van der Waals surface area contributed by atoms with Crippen LogP contribution >= 0.6 is 0 Å². The molecule has 8 heteroatoms. The van der Waals surface area contributed by atoms with E-state index in [1.807, 2.05) is 26.0 Å². The molecule has 0 aliphatic heterocycles. The van der Waals surface area contributed by atoms with E-state index in [1.54, 1.807) is 43.1 Å². The number of nitrogens with zero attached hydrogens (tertiary/aromatic N) is 4. The third-order valence-corrected chi connectivity index (χ3v) is 3.97. The molecule has 0 fully saturated rings. The van der Waals surface area contributed by atoms with Gasteiger partial charge in [-0.3, -0.25) is 9.36 Å². The molecule has 8 nitrogen and oxygen atoms in total. The first-order valence-electron chi connectivity index (χ1n) is 8.42. The highest BCUT2D eigenvalue weighted by atomic mass is 16.5. The Hall–Kier alpha value is -3.42. The van der Waals surface area contributed by atoms with Crippen molar-refractivity contribution in [3.8, 4) is 17.3 Å². The summed E-state index contributed by atoms with van der Waals surface area (Å²) in [6, 6.07) is 7.20. The van der Waals surface area contributed by atoms with Crippen LogP contribution in [0.4, 0.5) is 5.82 Å². The van der Waals surface area contributed by atoms with E-state index in [4.69, 9.17) is 9.47 Å². The number of carbonyl (C=O) groups excluding carboxylic acids is 1. The number of hydrogen-bond donors (Lipinski definition) is 1. The molecule has 2 aromatic heterocycles. The van der Waals surface area contributed by atoms with Gasteiger partial charge in [0.15, 0.2) is 17.6 Å². The van der Waals surface area contributed by atoms with Gasteiger partial charge in [0.05, 0.1) is 7.11 Å². The lowest BCUT2D eigenvalue weighted by molar-refractivity contribution is -0.122. The third-order valence-electron chi connectivity index (χ3n) is 3.97. The highest BCUT2D eigenvalue weighted by Gasteiger charge is 2.18. The van der Waals surface area contributed by atoms with Crippen molar-refractivity contribution in [2.75, 3.05) is 12.4 Å². The lowest BCUT2D eigenvalue weighted by Crippen LogP contribution is -2.30. The molecular formula is C19H21N5O3. The number of methoxy groups -OCH3 is 1. The fourth-order valence-electron chi connectivity index (χ4n) is 2.51. The van der Waals surface area contributed by atoms with E-state index in [0.29, 0.717) is 23.1 Å². The second kappa shape index (κ2) is 7.86. The summed E-state index contributed by atoms with van der Waals surface area (Å²) >= 11 is 0. The number of rotatable bonds is 6. The summed E-state index contributed by atoms with van der Waals surface area (Å²) in [5.41, 5.74) is 1.04. The first kappa shape index (κ1) is 18.4. The summed E-state index contributed by atoms with van der Waals surface area (Å²) < 4.78 is 12.9. The van der Waals surface area contributed by atoms with E-state index in [2.05, 4.69) is 20.3 Å². The molecule has 0 aliphatic carbocycles. The Kier molecular flexibility index (Phi) is 5.35. The fourth-order valence-corrected chi connectivity index (χ4v) is 2.51. The largest absolute Gasteiger partial charge is 0.493 e. The van der Waals surface area contributed by atoms with Gasteiger partial charge < -0.3 is 14.8 Å². The number of ether oxygens (including phenoxy) is 2. The predicted molar refractivity (Wildman–Crippen MR) is 100 cm³/mol. The third kappa shape index (κ3) is 4.22. The van der Waals surface area contributed by atoms with Gasteiger partial charge in [-0.25, -0.2) is 15.0 Å². The average molecular weight is 367 g/mol. The maximum Gasteiger partial charge on any atom is 0.266 e. The van der Waals surface area contributed by atoms with Crippen molar-refractivity contribution < 1.29 is 14.3 Å². The topological polar surface area (TPSA) is 91.2 Å². The molecule has 0 aliphatic rings. The molecule has 1 amide bonds. The van der Waals surface area contributed by atoms with Gasteiger partial charge in [0.1, 0.15) is 23.8 Å². The molecule has 140 valence electrons. The molecule has 1 aromatic carbocycles. The van der Waals surface area contributed by atoms with Gasteiger partial charge in [-0.15, -0.1) is 0 Å². The Balaban J connectivity index is 1.71. The van der Waals surface area contributed by atoms with E-state index in [9.17, 15) is 4.79 Å². The molecule has 0 saturated heterocycles. The number of anilines is 1. The second-order valence-electron chi connectivity index (χ2n) is 6.01. The maximum atomic E-state index is 12.5. The summed E-state index contributed by atoms with van der Waals surface area (Å²) in [7, 11) is 1.56. The molecule has 27 heavy (non-hydrogen) atoms. The Bertz CT molecular complexity index is 954. The standard InChI is InChI=1S/C19H21N5O3/c1-12-5-6-15(16(9-12)26-4)27-13(2)19(25)23-17-10-18(22-11-21-17)24-8-7-20-14(24)3/h5-11,13H,1-4H3,(H,21,22,23,25)/t13-/m1/s1.